The van der Waals surface area contributed by atoms with Gasteiger partial charge in [0.15, 0.2) is 0 Å². The molecular formula is C5H11LiSi. The average Bonchev–Trinajstić information content (AvgIpc) is 1.35. The summed E-state index contributed by atoms with van der Waals surface area (Å²) in [6, 6.07) is 0. The van der Waals surface area contributed by atoms with Crippen LogP contribution in [-0.2, 0) is 0 Å². The van der Waals surface area contributed by atoms with E-state index in [9.17, 15) is 0 Å². The Morgan fingerprint density at radius 3 is 1.57 bits per heavy atom. The monoisotopic (exact) mass is 106 g/mol. The average molecular weight is 106 g/mol. The Hall–Kier alpha value is 0.374. The molecule has 0 saturated carbocycles. The molecule has 2 heteroatoms. The predicted octanol–water partition coefficient (Wildman–Crippen LogP) is -1.39. The Kier molecular flexibility index (Phi) is 5.02. The molecule has 0 bridgehead atoms. The second-order valence-electron chi connectivity index (χ2n) is 2.39. The summed E-state index contributed by atoms with van der Waals surface area (Å²) in [5, 5.41) is 0. The van der Waals surface area contributed by atoms with Crippen LogP contribution in [0.15, 0.2) is 0 Å². The van der Waals surface area contributed by atoms with Crippen LogP contribution < -0.4 is 18.9 Å². The fourth-order valence-electron chi connectivity index (χ4n) is 0. The molecule has 0 radical (unpaired) electrons. The van der Waals surface area contributed by atoms with E-state index in [4.69, 9.17) is 6.42 Å². The third-order valence-corrected chi connectivity index (χ3v) is 1.30. The quantitative estimate of drug-likeness (QED) is 0.263. The van der Waals surface area contributed by atoms with E-state index in [1.54, 1.807) is 0 Å². The smallest absolute Gasteiger partial charge is 1.00 e. The molecule has 7 heavy (non-hydrogen) atoms. The molecule has 0 saturated heterocycles. The van der Waals surface area contributed by atoms with Gasteiger partial charge in [0.1, 0.15) is 8.07 Å². The summed E-state index contributed by atoms with van der Waals surface area (Å²) in [7, 11) is -1.10. The standard InChI is InChI=1S/C5H10Si.Li.H/c1-5-6(2,3)4;;/h1H,2-4H3;;/q;+1;-1. The minimum atomic E-state index is -1.10. The summed E-state index contributed by atoms with van der Waals surface area (Å²) in [5.41, 5.74) is 2.74. The van der Waals surface area contributed by atoms with Gasteiger partial charge in [0.05, 0.1) is 0 Å². The second-order valence-corrected chi connectivity index (χ2v) is 7.18. The van der Waals surface area contributed by atoms with Gasteiger partial charge in [-0.15, -0.1) is 12.0 Å². The molecule has 36 valence electrons. The van der Waals surface area contributed by atoms with E-state index in [1.165, 1.54) is 0 Å². The van der Waals surface area contributed by atoms with Crippen LogP contribution in [-0.4, -0.2) is 8.07 Å². The second kappa shape index (κ2) is 3.39. The number of hydrogen-bond acceptors (Lipinski definition) is 0. The minimum Gasteiger partial charge on any atom is -1.00 e. The summed E-state index contributed by atoms with van der Waals surface area (Å²) >= 11 is 0. The third-order valence-electron chi connectivity index (χ3n) is 0.433. The number of terminal acetylenes is 1. The normalized spacial score (nSPS) is 8.86. The van der Waals surface area contributed by atoms with Gasteiger partial charge in [-0.25, -0.2) is 0 Å². The zero-order valence-corrected chi connectivity index (χ0v) is 6.58. The van der Waals surface area contributed by atoms with Crippen molar-refractivity contribution in [3.63, 3.8) is 0 Å². The predicted molar refractivity (Wildman–Crippen MR) is 33.3 cm³/mol. The van der Waals surface area contributed by atoms with E-state index in [-0.39, 0.29) is 20.3 Å². The van der Waals surface area contributed by atoms with Crippen LogP contribution in [0.5, 0.6) is 0 Å². The molecule has 0 spiro atoms. The zero-order chi connectivity index (χ0) is 5.21. The van der Waals surface area contributed by atoms with Crippen molar-refractivity contribution >= 4 is 8.07 Å². The van der Waals surface area contributed by atoms with Gasteiger partial charge in [0, 0.05) is 0 Å². The van der Waals surface area contributed by atoms with Crippen LogP contribution in [0.2, 0.25) is 19.6 Å². The van der Waals surface area contributed by atoms with Crippen molar-refractivity contribution in [2.75, 3.05) is 0 Å². The first-order valence-corrected chi connectivity index (χ1v) is 5.54. The van der Waals surface area contributed by atoms with E-state index in [0.717, 1.165) is 0 Å². The molecule has 0 atom stereocenters. The van der Waals surface area contributed by atoms with Crippen molar-refractivity contribution in [1.29, 1.82) is 0 Å². The molecule has 0 aliphatic heterocycles. The zero-order valence-electron chi connectivity index (χ0n) is 6.58. The summed E-state index contributed by atoms with van der Waals surface area (Å²) in [6.07, 6.45) is 5.12. The van der Waals surface area contributed by atoms with E-state index >= 15 is 0 Å². The van der Waals surface area contributed by atoms with E-state index < -0.39 is 8.07 Å². The summed E-state index contributed by atoms with van der Waals surface area (Å²) < 4.78 is 0. The van der Waals surface area contributed by atoms with Crippen LogP contribution in [0.4, 0.5) is 0 Å². The van der Waals surface area contributed by atoms with Gasteiger partial charge in [0.25, 0.3) is 0 Å². The van der Waals surface area contributed by atoms with Gasteiger partial charge in [-0.05, 0) is 0 Å². The maximum Gasteiger partial charge on any atom is 1.00 e. The first-order chi connectivity index (χ1) is 2.56. The van der Waals surface area contributed by atoms with Crippen LogP contribution in [0.1, 0.15) is 1.43 Å². The molecule has 0 fully saturated rings. The molecule has 0 aromatic heterocycles. The molecule has 0 heterocycles. The molecule has 0 rings (SSSR count). The number of hydrogen-bond donors (Lipinski definition) is 0. The molecule has 0 unspecified atom stereocenters. The molecule has 0 aliphatic carbocycles. The van der Waals surface area contributed by atoms with Gasteiger partial charge >= 0.3 is 18.9 Å². The molecular weight excluding hydrogens is 95.1 g/mol. The van der Waals surface area contributed by atoms with Crippen molar-refractivity contribution in [3.05, 3.63) is 0 Å². The van der Waals surface area contributed by atoms with Gasteiger partial charge in [0.2, 0.25) is 0 Å². The van der Waals surface area contributed by atoms with Crippen molar-refractivity contribution in [1.82, 2.24) is 0 Å². The van der Waals surface area contributed by atoms with Crippen molar-refractivity contribution < 1.29 is 20.3 Å². The Morgan fingerprint density at radius 2 is 1.57 bits per heavy atom. The molecule has 0 aromatic carbocycles. The molecule has 0 aromatic rings. The van der Waals surface area contributed by atoms with Crippen molar-refractivity contribution in [2.45, 2.75) is 19.6 Å². The topological polar surface area (TPSA) is 0 Å². The van der Waals surface area contributed by atoms with Crippen LogP contribution in [0.25, 0.3) is 0 Å². The van der Waals surface area contributed by atoms with Crippen LogP contribution in [0.3, 0.4) is 0 Å². The maximum absolute atomic E-state index is 5.12. The van der Waals surface area contributed by atoms with Gasteiger partial charge < -0.3 is 1.43 Å². The molecule has 0 aliphatic rings. The summed E-state index contributed by atoms with van der Waals surface area (Å²) in [6.45, 7) is 6.44. The van der Waals surface area contributed by atoms with E-state index in [1.807, 2.05) is 0 Å². The first-order valence-electron chi connectivity index (χ1n) is 2.04. The Morgan fingerprint density at radius 1 is 1.43 bits per heavy atom. The minimum absolute atomic E-state index is 0. The SMILES string of the molecule is C#C[Si](C)(C)C.[H-].[Li+]. The van der Waals surface area contributed by atoms with E-state index in [0.29, 0.717) is 0 Å². The maximum atomic E-state index is 5.12. The van der Waals surface area contributed by atoms with Crippen molar-refractivity contribution in [3.8, 4) is 12.0 Å². The third kappa shape index (κ3) is 10.7. The van der Waals surface area contributed by atoms with Crippen LogP contribution in [0, 0.1) is 12.0 Å². The summed E-state index contributed by atoms with van der Waals surface area (Å²) in [5.74, 6) is 0. The molecule has 0 nitrogen and oxygen atoms in total. The van der Waals surface area contributed by atoms with Gasteiger partial charge in [-0.1, -0.05) is 19.6 Å². The van der Waals surface area contributed by atoms with E-state index in [2.05, 4.69) is 25.2 Å². The Balaban J connectivity index is -0.000000125. The largest absolute Gasteiger partial charge is 1.00 e. The van der Waals surface area contributed by atoms with Crippen LogP contribution >= 0.6 is 0 Å². The number of rotatable bonds is 0. The molecule has 0 N–H and O–H groups in total. The Bertz CT molecular complexity index is 79.4. The van der Waals surface area contributed by atoms with Gasteiger partial charge in [-0.3, -0.25) is 0 Å². The fraction of sp³-hybridized carbons (Fsp3) is 0.600. The molecule has 0 amide bonds. The van der Waals surface area contributed by atoms with Crippen molar-refractivity contribution in [2.24, 2.45) is 0 Å². The summed E-state index contributed by atoms with van der Waals surface area (Å²) in [4.78, 5) is 0. The Labute approximate surface area is 60.4 Å². The fourth-order valence-corrected chi connectivity index (χ4v) is 0. The van der Waals surface area contributed by atoms with Gasteiger partial charge in [-0.2, -0.15) is 0 Å². The first kappa shape index (κ1) is 10.4.